The van der Waals surface area contributed by atoms with Crippen molar-refractivity contribution in [3.05, 3.63) is 93.9 Å². The molecule has 0 spiro atoms. The summed E-state index contributed by atoms with van der Waals surface area (Å²) in [6.45, 7) is 4.09. The summed E-state index contributed by atoms with van der Waals surface area (Å²) in [6.07, 6.45) is 0.281. The van der Waals surface area contributed by atoms with Crippen LogP contribution in [0.5, 0.6) is 5.75 Å². The summed E-state index contributed by atoms with van der Waals surface area (Å²) in [7, 11) is 0. The van der Waals surface area contributed by atoms with E-state index in [9.17, 15) is 4.79 Å². The van der Waals surface area contributed by atoms with Gasteiger partial charge in [0.15, 0.2) is 17.3 Å². The van der Waals surface area contributed by atoms with Crippen molar-refractivity contribution in [2.24, 2.45) is 0 Å². The Hall–Kier alpha value is -4.24. The molecule has 4 heterocycles. The van der Waals surface area contributed by atoms with Crippen molar-refractivity contribution >= 4 is 29.0 Å². The Morgan fingerprint density at radius 2 is 1.83 bits per heavy atom. The second-order valence-corrected chi connectivity index (χ2v) is 9.10. The van der Waals surface area contributed by atoms with Gasteiger partial charge >= 0.3 is 0 Å². The Labute approximate surface area is 211 Å². The Bertz CT molecular complexity index is 1620. The standard InChI is InChI=1S/C26H22ClN7O2/c1-15-25-19(18-8-4-6-10-21(18)36-14-17-7-3-5-9-20(17)27)13-24(35)28-26(25)34(31-15)23-12-11-22-30-29-16(2)33(22)32-23/h3-12,19H,13-14H2,1-2H3,(H,28,35)/t19-/m0/s1. The summed E-state index contributed by atoms with van der Waals surface area (Å²) in [5.41, 5.74) is 4.19. The number of halogens is 1. The van der Waals surface area contributed by atoms with Crippen molar-refractivity contribution in [2.45, 2.75) is 32.8 Å². The SMILES string of the molecule is Cc1nn(-c2ccc3nnc(C)n3n2)c2c1[C@H](c1ccccc1OCc1ccccc1Cl)CC(=O)N2. The largest absolute Gasteiger partial charge is 0.489 e. The van der Waals surface area contributed by atoms with Gasteiger partial charge in [0.05, 0.1) is 5.69 Å². The molecule has 36 heavy (non-hydrogen) atoms. The molecule has 0 aliphatic carbocycles. The van der Waals surface area contributed by atoms with E-state index >= 15 is 0 Å². The Morgan fingerprint density at radius 3 is 2.69 bits per heavy atom. The fourth-order valence-corrected chi connectivity index (χ4v) is 4.84. The predicted molar refractivity (Wildman–Crippen MR) is 135 cm³/mol. The molecule has 5 aromatic rings. The van der Waals surface area contributed by atoms with E-state index in [-0.39, 0.29) is 18.2 Å². The number of amides is 1. The molecule has 9 nitrogen and oxygen atoms in total. The molecule has 0 bridgehead atoms. The van der Waals surface area contributed by atoms with Gasteiger partial charge in [-0.3, -0.25) is 4.79 Å². The maximum absolute atomic E-state index is 12.9. The highest BCUT2D eigenvalue weighted by Gasteiger charge is 2.34. The molecule has 1 N–H and O–H groups in total. The first-order valence-corrected chi connectivity index (χ1v) is 11.9. The van der Waals surface area contributed by atoms with Gasteiger partial charge < -0.3 is 10.1 Å². The third-order valence-corrected chi connectivity index (χ3v) is 6.73. The third kappa shape index (κ3) is 3.77. The number of hydrogen-bond donors (Lipinski definition) is 1. The molecular formula is C26H22ClN7O2. The normalized spacial score (nSPS) is 15.1. The van der Waals surface area contributed by atoms with Gasteiger partial charge in [0.2, 0.25) is 5.91 Å². The molecule has 180 valence electrons. The number of carbonyl (C=O) groups is 1. The van der Waals surface area contributed by atoms with E-state index in [0.717, 1.165) is 22.4 Å². The van der Waals surface area contributed by atoms with Gasteiger partial charge in [0.25, 0.3) is 0 Å². The van der Waals surface area contributed by atoms with Gasteiger partial charge in [-0.25, -0.2) is 0 Å². The summed E-state index contributed by atoms with van der Waals surface area (Å²) in [6, 6.07) is 19.0. The lowest BCUT2D eigenvalue weighted by Crippen LogP contribution is -2.25. The van der Waals surface area contributed by atoms with Crippen molar-refractivity contribution < 1.29 is 9.53 Å². The monoisotopic (exact) mass is 499 g/mol. The molecule has 0 fully saturated rings. The van der Waals surface area contributed by atoms with E-state index in [1.54, 1.807) is 9.20 Å². The lowest BCUT2D eigenvalue weighted by Gasteiger charge is -2.26. The summed E-state index contributed by atoms with van der Waals surface area (Å²) in [5, 5.41) is 21.2. The number of hydrogen-bond acceptors (Lipinski definition) is 6. The van der Waals surface area contributed by atoms with Crippen LogP contribution in [-0.2, 0) is 11.4 Å². The van der Waals surface area contributed by atoms with Crippen LogP contribution in [0, 0.1) is 13.8 Å². The maximum Gasteiger partial charge on any atom is 0.226 e. The zero-order valence-corrected chi connectivity index (χ0v) is 20.4. The fourth-order valence-electron chi connectivity index (χ4n) is 4.65. The van der Waals surface area contributed by atoms with Gasteiger partial charge in [0, 0.05) is 34.1 Å². The van der Waals surface area contributed by atoms with Gasteiger partial charge in [-0.1, -0.05) is 48.0 Å². The highest BCUT2D eigenvalue weighted by molar-refractivity contribution is 6.31. The fraction of sp³-hybridized carbons (Fsp3) is 0.192. The molecule has 1 aliphatic rings. The number of carbonyl (C=O) groups excluding carboxylic acids is 1. The number of fused-ring (bicyclic) bond motifs is 2. The smallest absolute Gasteiger partial charge is 0.226 e. The lowest BCUT2D eigenvalue weighted by molar-refractivity contribution is -0.116. The van der Waals surface area contributed by atoms with Crippen molar-refractivity contribution in [3.63, 3.8) is 0 Å². The Morgan fingerprint density at radius 1 is 1.03 bits per heavy atom. The van der Waals surface area contributed by atoms with Gasteiger partial charge in [0.1, 0.15) is 18.2 Å². The molecule has 10 heteroatoms. The van der Waals surface area contributed by atoms with Gasteiger partial charge in [-0.2, -0.15) is 14.3 Å². The topological polar surface area (TPSA) is 99.2 Å². The number of ether oxygens (including phenoxy) is 1. The van der Waals surface area contributed by atoms with Crippen molar-refractivity contribution in [2.75, 3.05) is 5.32 Å². The predicted octanol–water partition coefficient (Wildman–Crippen LogP) is 4.63. The molecule has 0 saturated carbocycles. The summed E-state index contributed by atoms with van der Waals surface area (Å²) < 4.78 is 9.54. The maximum atomic E-state index is 12.9. The van der Waals surface area contributed by atoms with E-state index in [0.29, 0.717) is 40.5 Å². The number of nitrogens with zero attached hydrogens (tertiary/aromatic N) is 6. The first-order valence-electron chi connectivity index (χ1n) is 11.5. The van der Waals surface area contributed by atoms with Gasteiger partial charge in [-0.05, 0) is 38.1 Å². The highest BCUT2D eigenvalue weighted by atomic mass is 35.5. The van der Waals surface area contributed by atoms with Crippen LogP contribution in [0.15, 0.2) is 60.7 Å². The number of rotatable bonds is 5. The van der Waals surface area contributed by atoms with Crippen LogP contribution >= 0.6 is 11.6 Å². The number of para-hydroxylation sites is 1. The average Bonchev–Trinajstić information content (AvgIpc) is 3.42. The molecule has 1 atom stereocenters. The number of anilines is 1. The van der Waals surface area contributed by atoms with Crippen LogP contribution in [0.2, 0.25) is 5.02 Å². The van der Waals surface area contributed by atoms with Crippen LogP contribution in [0.3, 0.4) is 0 Å². The molecule has 0 radical (unpaired) electrons. The van der Waals surface area contributed by atoms with E-state index in [2.05, 4.69) is 20.6 Å². The first-order chi connectivity index (χ1) is 17.5. The van der Waals surface area contributed by atoms with Crippen molar-refractivity contribution in [1.29, 1.82) is 0 Å². The molecule has 1 amide bonds. The summed E-state index contributed by atoms with van der Waals surface area (Å²) in [4.78, 5) is 12.9. The number of aromatic nitrogens is 6. The molecular weight excluding hydrogens is 478 g/mol. The molecule has 0 unspecified atom stereocenters. The third-order valence-electron chi connectivity index (χ3n) is 6.36. The Balaban J connectivity index is 1.41. The summed E-state index contributed by atoms with van der Waals surface area (Å²) >= 11 is 6.33. The van der Waals surface area contributed by atoms with Crippen LogP contribution in [0.1, 0.15) is 40.5 Å². The molecule has 6 rings (SSSR count). The van der Waals surface area contributed by atoms with E-state index < -0.39 is 0 Å². The van der Waals surface area contributed by atoms with Crippen LogP contribution in [0.4, 0.5) is 5.82 Å². The quantitative estimate of drug-likeness (QED) is 0.378. The number of nitrogens with one attached hydrogen (secondary N) is 1. The van der Waals surface area contributed by atoms with Gasteiger partial charge in [-0.15, -0.1) is 15.3 Å². The minimum Gasteiger partial charge on any atom is -0.489 e. The summed E-state index contributed by atoms with van der Waals surface area (Å²) in [5.74, 6) is 2.19. The number of benzene rings is 2. The zero-order valence-electron chi connectivity index (χ0n) is 19.6. The molecule has 0 saturated heterocycles. The molecule has 1 aliphatic heterocycles. The van der Waals surface area contributed by atoms with E-state index in [4.69, 9.17) is 21.4 Å². The second kappa shape index (κ2) is 8.76. The number of aryl methyl sites for hydroxylation is 2. The van der Waals surface area contributed by atoms with Crippen molar-refractivity contribution in [1.82, 2.24) is 29.6 Å². The zero-order chi connectivity index (χ0) is 24.8. The highest BCUT2D eigenvalue weighted by Crippen LogP contribution is 2.43. The van der Waals surface area contributed by atoms with Crippen LogP contribution < -0.4 is 10.1 Å². The molecule has 2 aromatic carbocycles. The van der Waals surface area contributed by atoms with E-state index in [1.807, 2.05) is 74.5 Å². The Kier molecular flexibility index (Phi) is 5.41. The van der Waals surface area contributed by atoms with Crippen LogP contribution in [-0.4, -0.2) is 35.5 Å². The minimum atomic E-state index is -0.231. The van der Waals surface area contributed by atoms with E-state index in [1.165, 1.54) is 0 Å². The second-order valence-electron chi connectivity index (χ2n) is 8.69. The lowest BCUT2D eigenvalue weighted by atomic mass is 9.85. The first kappa shape index (κ1) is 22.2. The minimum absolute atomic E-state index is 0.101. The van der Waals surface area contributed by atoms with Crippen LogP contribution in [0.25, 0.3) is 11.5 Å². The average molecular weight is 500 g/mol. The van der Waals surface area contributed by atoms with Crippen molar-refractivity contribution in [3.8, 4) is 11.6 Å². The molecule has 3 aromatic heterocycles.